The second-order valence-electron chi connectivity index (χ2n) is 4.49. The van der Waals surface area contributed by atoms with E-state index >= 15 is 0 Å². The number of phosphoric ester groups is 1. The summed E-state index contributed by atoms with van der Waals surface area (Å²) in [5.41, 5.74) is 0.212. The third kappa shape index (κ3) is 6.23. The Kier molecular flexibility index (Phi) is 6.78. The normalized spacial score (nSPS) is 14.0. The van der Waals surface area contributed by atoms with Crippen LogP contribution in [0, 0.1) is 0 Å². The Morgan fingerprint density at radius 3 is 2.43 bits per heavy atom. The molecule has 0 aromatic heterocycles. The number of rotatable bonds is 8. The van der Waals surface area contributed by atoms with E-state index in [0.717, 1.165) is 12.8 Å². The fourth-order valence-electron chi connectivity index (χ4n) is 1.83. The fourth-order valence-corrected chi connectivity index (χ4v) is 2.34. The molecule has 1 aromatic carbocycles. The maximum atomic E-state index is 11.4. The lowest BCUT2D eigenvalue weighted by molar-refractivity contribution is -0.133. The van der Waals surface area contributed by atoms with Crippen molar-refractivity contribution in [2.75, 3.05) is 0 Å². The molecule has 0 bridgehead atoms. The van der Waals surface area contributed by atoms with E-state index in [4.69, 9.17) is 14.3 Å². The second-order valence-corrected chi connectivity index (χ2v) is 5.69. The molecule has 0 amide bonds. The van der Waals surface area contributed by atoms with Crippen LogP contribution in [0.25, 0.3) is 0 Å². The van der Waals surface area contributed by atoms with E-state index < -0.39 is 19.9 Å². The van der Waals surface area contributed by atoms with Crippen LogP contribution < -0.4 is 0 Å². The van der Waals surface area contributed by atoms with E-state index in [1.165, 1.54) is 6.08 Å². The van der Waals surface area contributed by atoms with Gasteiger partial charge < -0.3 is 14.9 Å². The number of carboxylic acid groups (broad SMARTS) is 1. The van der Waals surface area contributed by atoms with Gasteiger partial charge in [-0.1, -0.05) is 56.2 Å². The quantitative estimate of drug-likeness (QED) is 0.387. The van der Waals surface area contributed by atoms with E-state index in [0.29, 0.717) is 12.0 Å². The number of hydrogen-bond acceptors (Lipinski definition) is 3. The zero-order valence-corrected chi connectivity index (χ0v) is 12.6. The van der Waals surface area contributed by atoms with Crippen LogP contribution in [0.15, 0.2) is 42.0 Å². The monoisotopic (exact) mass is 314 g/mol. The van der Waals surface area contributed by atoms with Gasteiger partial charge in [-0.25, -0.2) is 9.36 Å². The third-order valence-electron chi connectivity index (χ3n) is 2.80. The predicted molar refractivity (Wildman–Crippen MR) is 77.6 cm³/mol. The lowest BCUT2D eigenvalue weighted by Crippen LogP contribution is -2.14. The van der Waals surface area contributed by atoms with Gasteiger partial charge in [-0.15, -0.1) is 0 Å². The Hall–Kier alpha value is -1.46. The molecule has 0 saturated heterocycles. The lowest BCUT2D eigenvalue weighted by Gasteiger charge is -2.19. The van der Waals surface area contributed by atoms with Crippen molar-refractivity contribution in [3.63, 3.8) is 0 Å². The molecule has 116 valence electrons. The molecular formula is C14H19O6P. The number of allylic oxidation sites excluding steroid dienone is 1. The number of carboxylic acids is 1. The van der Waals surface area contributed by atoms with Crippen molar-refractivity contribution in [2.45, 2.75) is 32.3 Å². The maximum absolute atomic E-state index is 11.4. The minimum Gasteiger partial charge on any atom is -0.478 e. The van der Waals surface area contributed by atoms with Crippen molar-refractivity contribution in [2.24, 2.45) is 0 Å². The summed E-state index contributed by atoms with van der Waals surface area (Å²) < 4.78 is 15.8. The molecule has 0 heterocycles. The largest absolute Gasteiger partial charge is 0.478 e. The van der Waals surface area contributed by atoms with Crippen LogP contribution >= 0.6 is 7.82 Å². The van der Waals surface area contributed by atoms with Crippen LogP contribution in [-0.2, 0) is 13.9 Å². The summed E-state index contributed by atoms with van der Waals surface area (Å²) in [6.07, 6.45) is 2.33. The van der Waals surface area contributed by atoms with Gasteiger partial charge in [0.15, 0.2) is 0 Å². The highest BCUT2D eigenvalue weighted by molar-refractivity contribution is 7.46. The third-order valence-corrected chi connectivity index (χ3v) is 3.28. The van der Waals surface area contributed by atoms with Gasteiger partial charge in [0.1, 0.15) is 6.10 Å². The Morgan fingerprint density at radius 2 is 1.95 bits per heavy atom. The second kappa shape index (κ2) is 8.10. The Morgan fingerprint density at radius 1 is 1.33 bits per heavy atom. The van der Waals surface area contributed by atoms with Crippen LogP contribution in [0.3, 0.4) is 0 Å². The average molecular weight is 314 g/mol. The van der Waals surface area contributed by atoms with Gasteiger partial charge in [-0.05, 0) is 12.0 Å². The SMILES string of the molecule is CCCCC=C(C(=O)O)C(OP(=O)(O)O)c1ccccc1. The minimum absolute atomic E-state index is 0.169. The summed E-state index contributed by atoms with van der Waals surface area (Å²) >= 11 is 0. The first-order valence-electron chi connectivity index (χ1n) is 6.57. The zero-order chi connectivity index (χ0) is 15.9. The van der Waals surface area contributed by atoms with E-state index in [2.05, 4.69) is 0 Å². The van der Waals surface area contributed by atoms with Crippen molar-refractivity contribution in [1.82, 2.24) is 0 Å². The molecule has 1 aromatic rings. The summed E-state index contributed by atoms with van der Waals surface area (Å²) in [5.74, 6) is -1.26. The molecule has 3 N–H and O–H groups in total. The molecule has 7 heteroatoms. The highest BCUT2D eigenvalue weighted by atomic mass is 31.2. The number of phosphoric acid groups is 1. The number of unbranched alkanes of at least 4 members (excludes halogenated alkanes) is 2. The van der Waals surface area contributed by atoms with Crippen molar-refractivity contribution < 1.29 is 28.8 Å². The summed E-state index contributed by atoms with van der Waals surface area (Å²) in [7, 11) is -4.82. The molecule has 1 rings (SSSR count). The summed E-state index contributed by atoms with van der Waals surface area (Å²) in [6, 6.07) is 8.15. The topological polar surface area (TPSA) is 104 Å². The van der Waals surface area contributed by atoms with Crippen molar-refractivity contribution in [1.29, 1.82) is 0 Å². The number of benzene rings is 1. The van der Waals surface area contributed by atoms with Crippen LogP contribution in [0.4, 0.5) is 0 Å². The molecule has 0 aliphatic rings. The van der Waals surface area contributed by atoms with Crippen molar-refractivity contribution >= 4 is 13.8 Å². The zero-order valence-electron chi connectivity index (χ0n) is 11.7. The van der Waals surface area contributed by atoms with Gasteiger partial charge in [0.25, 0.3) is 0 Å². The number of aliphatic carboxylic acids is 1. The average Bonchev–Trinajstić information content (AvgIpc) is 2.41. The molecule has 6 nitrogen and oxygen atoms in total. The molecule has 0 aliphatic carbocycles. The van der Waals surface area contributed by atoms with Gasteiger partial charge in [0.05, 0.1) is 5.57 Å². The first-order valence-corrected chi connectivity index (χ1v) is 8.10. The summed E-state index contributed by atoms with van der Waals surface area (Å²) in [4.78, 5) is 29.4. The van der Waals surface area contributed by atoms with Gasteiger partial charge in [0, 0.05) is 0 Å². The molecule has 1 atom stereocenters. The molecular weight excluding hydrogens is 295 g/mol. The lowest BCUT2D eigenvalue weighted by atomic mass is 10.00. The molecule has 0 radical (unpaired) electrons. The standard InChI is InChI=1S/C14H19O6P/c1-2-3-5-10-12(14(15)16)13(20-21(17,18)19)11-8-6-4-7-9-11/h4,6-10,13H,2-3,5H2,1H3,(H,15,16)(H2,17,18,19). The van der Waals surface area contributed by atoms with Crippen LogP contribution in [0.2, 0.25) is 0 Å². The summed E-state index contributed by atoms with van der Waals surface area (Å²) in [5, 5.41) is 9.30. The van der Waals surface area contributed by atoms with Crippen molar-refractivity contribution in [3.05, 3.63) is 47.5 Å². The van der Waals surface area contributed by atoms with Gasteiger partial charge in [-0.2, -0.15) is 0 Å². The van der Waals surface area contributed by atoms with Gasteiger partial charge >= 0.3 is 13.8 Å². The highest BCUT2D eigenvalue weighted by Gasteiger charge is 2.30. The van der Waals surface area contributed by atoms with Crippen molar-refractivity contribution in [3.8, 4) is 0 Å². The van der Waals surface area contributed by atoms with Gasteiger partial charge in [0.2, 0.25) is 0 Å². The van der Waals surface area contributed by atoms with Gasteiger partial charge in [-0.3, -0.25) is 4.52 Å². The summed E-state index contributed by atoms with van der Waals surface area (Å²) in [6.45, 7) is 1.97. The molecule has 1 unspecified atom stereocenters. The Balaban J connectivity index is 3.16. The molecule has 21 heavy (non-hydrogen) atoms. The number of hydrogen-bond donors (Lipinski definition) is 3. The smallest absolute Gasteiger partial charge is 0.470 e. The minimum atomic E-state index is -4.82. The molecule has 0 spiro atoms. The predicted octanol–water partition coefficient (Wildman–Crippen LogP) is 3.04. The van der Waals surface area contributed by atoms with Crippen LogP contribution in [-0.4, -0.2) is 20.9 Å². The highest BCUT2D eigenvalue weighted by Crippen LogP contribution is 2.45. The Labute approximate surface area is 123 Å². The van der Waals surface area contributed by atoms with Crippen LogP contribution in [0.1, 0.15) is 37.9 Å². The van der Waals surface area contributed by atoms with Crippen LogP contribution in [0.5, 0.6) is 0 Å². The van der Waals surface area contributed by atoms with E-state index in [1.54, 1.807) is 30.3 Å². The van der Waals surface area contributed by atoms with E-state index in [1.807, 2.05) is 6.92 Å². The fraction of sp³-hybridized carbons (Fsp3) is 0.357. The Bertz CT molecular complexity index is 534. The first kappa shape index (κ1) is 17.6. The van der Waals surface area contributed by atoms with E-state index in [9.17, 15) is 14.5 Å². The van der Waals surface area contributed by atoms with E-state index in [-0.39, 0.29) is 5.57 Å². The maximum Gasteiger partial charge on any atom is 0.470 e. The molecule has 0 aliphatic heterocycles. The molecule has 0 fully saturated rings. The molecule has 0 saturated carbocycles. The number of carbonyl (C=O) groups is 1. The first-order chi connectivity index (χ1) is 9.85.